The van der Waals surface area contributed by atoms with E-state index in [0.29, 0.717) is 5.56 Å². The van der Waals surface area contributed by atoms with Gasteiger partial charge in [-0.15, -0.1) is 0 Å². The molecule has 1 N–H and O–H groups in total. The van der Waals surface area contributed by atoms with Crippen LogP contribution in [-0.2, 0) is 0 Å². The summed E-state index contributed by atoms with van der Waals surface area (Å²) in [6.45, 7) is 0. The molecule has 0 radical (unpaired) electrons. The highest BCUT2D eigenvalue weighted by atomic mass is 16.6. The zero-order chi connectivity index (χ0) is 13.7. The third-order valence-corrected chi connectivity index (χ3v) is 2.27. The van der Waals surface area contributed by atoms with E-state index in [1.165, 1.54) is 36.9 Å². The van der Waals surface area contributed by atoms with E-state index < -0.39 is 10.8 Å². The van der Waals surface area contributed by atoms with E-state index in [9.17, 15) is 14.9 Å². The van der Waals surface area contributed by atoms with Gasteiger partial charge >= 0.3 is 0 Å². The third kappa shape index (κ3) is 3.03. The predicted molar refractivity (Wildman–Crippen MR) is 66.9 cm³/mol. The van der Waals surface area contributed by atoms with Crippen molar-refractivity contribution in [3.63, 3.8) is 0 Å². The number of furan rings is 1. The molecule has 1 amide bonds. The van der Waals surface area contributed by atoms with E-state index in [2.05, 4.69) is 10.5 Å². The maximum absolute atomic E-state index is 11.7. The van der Waals surface area contributed by atoms with Crippen LogP contribution in [0.1, 0.15) is 15.9 Å². The number of nitrogens with one attached hydrogen (secondary N) is 1. The summed E-state index contributed by atoms with van der Waals surface area (Å²) in [5.41, 5.74) is 2.58. The van der Waals surface area contributed by atoms with Crippen molar-refractivity contribution in [2.75, 3.05) is 0 Å². The van der Waals surface area contributed by atoms with Crippen molar-refractivity contribution in [3.8, 4) is 0 Å². The van der Waals surface area contributed by atoms with Gasteiger partial charge in [0.15, 0.2) is 0 Å². The maximum Gasteiger partial charge on any atom is 0.282 e. The Morgan fingerprint density at radius 1 is 1.37 bits per heavy atom. The quantitative estimate of drug-likeness (QED) is 0.515. The van der Waals surface area contributed by atoms with Gasteiger partial charge in [0, 0.05) is 11.6 Å². The van der Waals surface area contributed by atoms with Gasteiger partial charge in [0.05, 0.1) is 23.7 Å². The minimum absolute atomic E-state index is 0.0446. The summed E-state index contributed by atoms with van der Waals surface area (Å²) < 4.78 is 4.81. The zero-order valence-corrected chi connectivity index (χ0v) is 9.65. The molecule has 7 heteroatoms. The first-order valence-corrected chi connectivity index (χ1v) is 5.27. The topological polar surface area (TPSA) is 97.7 Å². The van der Waals surface area contributed by atoms with Crippen LogP contribution >= 0.6 is 0 Å². The molecule has 0 saturated carbocycles. The molecule has 0 saturated heterocycles. The highest BCUT2D eigenvalue weighted by molar-refractivity contribution is 5.98. The first-order valence-electron chi connectivity index (χ1n) is 5.27. The third-order valence-electron chi connectivity index (χ3n) is 2.27. The number of nitro benzene ring substituents is 1. The van der Waals surface area contributed by atoms with Crippen LogP contribution in [0.2, 0.25) is 0 Å². The highest BCUT2D eigenvalue weighted by Crippen LogP contribution is 2.17. The van der Waals surface area contributed by atoms with Crippen molar-refractivity contribution in [1.29, 1.82) is 0 Å². The van der Waals surface area contributed by atoms with Crippen LogP contribution in [0, 0.1) is 10.1 Å². The van der Waals surface area contributed by atoms with E-state index in [0.717, 1.165) is 0 Å². The number of nitro groups is 1. The second-order valence-electron chi connectivity index (χ2n) is 3.53. The largest absolute Gasteiger partial charge is 0.472 e. The van der Waals surface area contributed by atoms with Crippen molar-refractivity contribution in [2.24, 2.45) is 5.10 Å². The Morgan fingerprint density at radius 2 is 2.16 bits per heavy atom. The van der Waals surface area contributed by atoms with Gasteiger partial charge in [0.25, 0.3) is 11.6 Å². The molecule has 1 heterocycles. The molecule has 2 aromatic rings. The lowest BCUT2D eigenvalue weighted by atomic mass is 10.2. The van der Waals surface area contributed by atoms with Gasteiger partial charge in [-0.05, 0) is 12.1 Å². The van der Waals surface area contributed by atoms with Crippen LogP contribution < -0.4 is 5.43 Å². The summed E-state index contributed by atoms with van der Waals surface area (Å²) in [4.78, 5) is 21.9. The number of amides is 1. The van der Waals surface area contributed by atoms with E-state index >= 15 is 0 Å². The molecule has 1 aromatic heterocycles. The van der Waals surface area contributed by atoms with Crippen LogP contribution in [0.3, 0.4) is 0 Å². The number of hydrogen-bond acceptors (Lipinski definition) is 5. The van der Waals surface area contributed by atoms with Gasteiger partial charge < -0.3 is 4.42 Å². The Hall–Kier alpha value is -2.96. The molecule has 0 spiro atoms. The van der Waals surface area contributed by atoms with Gasteiger partial charge in [-0.1, -0.05) is 12.1 Å². The number of hydrazone groups is 1. The average Bonchev–Trinajstić information content (AvgIpc) is 2.91. The van der Waals surface area contributed by atoms with Gasteiger partial charge in [-0.2, -0.15) is 5.10 Å². The number of rotatable bonds is 4. The summed E-state index contributed by atoms with van der Waals surface area (Å²) in [6.07, 6.45) is 4.28. The molecule has 0 aliphatic heterocycles. The molecular formula is C12H9N3O4. The van der Waals surface area contributed by atoms with E-state index in [1.54, 1.807) is 12.1 Å². The fourth-order valence-electron chi connectivity index (χ4n) is 1.40. The molecule has 7 nitrogen and oxygen atoms in total. The van der Waals surface area contributed by atoms with Crippen LogP contribution in [0.15, 0.2) is 52.4 Å². The van der Waals surface area contributed by atoms with E-state index in [1.807, 2.05) is 0 Å². The monoisotopic (exact) mass is 259 g/mol. The Bertz CT molecular complexity index is 620. The molecule has 0 atom stereocenters. The number of carbonyl (C=O) groups is 1. The van der Waals surface area contributed by atoms with E-state index in [-0.39, 0.29) is 11.3 Å². The summed E-state index contributed by atoms with van der Waals surface area (Å²) in [5.74, 6) is -0.646. The summed E-state index contributed by atoms with van der Waals surface area (Å²) in [6, 6.07) is 7.31. The molecule has 96 valence electrons. The number of para-hydroxylation sites is 1. The van der Waals surface area contributed by atoms with Crippen LogP contribution in [0.5, 0.6) is 0 Å². The second kappa shape index (κ2) is 5.58. The zero-order valence-electron chi connectivity index (χ0n) is 9.65. The Labute approximate surface area is 107 Å². The smallest absolute Gasteiger partial charge is 0.282 e. The molecule has 0 bridgehead atoms. The molecule has 19 heavy (non-hydrogen) atoms. The molecule has 2 rings (SSSR count). The minimum atomic E-state index is -0.646. The molecule has 0 aliphatic rings. The van der Waals surface area contributed by atoms with Gasteiger partial charge in [0.1, 0.15) is 5.56 Å². The SMILES string of the molecule is O=C(N/N=C/c1ccoc1)c1ccccc1[N+](=O)[O-]. The van der Waals surface area contributed by atoms with Gasteiger partial charge in [-0.3, -0.25) is 14.9 Å². The molecular weight excluding hydrogens is 250 g/mol. The van der Waals surface area contributed by atoms with Crippen molar-refractivity contribution in [1.82, 2.24) is 5.43 Å². The van der Waals surface area contributed by atoms with Crippen molar-refractivity contribution in [2.45, 2.75) is 0 Å². The summed E-state index contributed by atoms with van der Waals surface area (Å²) >= 11 is 0. The first-order chi connectivity index (χ1) is 9.18. The fourth-order valence-corrected chi connectivity index (χ4v) is 1.40. The Balaban J connectivity index is 2.10. The van der Waals surface area contributed by atoms with Crippen molar-refractivity contribution < 1.29 is 14.1 Å². The Morgan fingerprint density at radius 3 is 2.84 bits per heavy atom. The van der Waals surface area contributed by atoms with Crippen molar-refractivity contribution in [3.05, 3.63) is 64.1 Å². The summed E-state index contributed by atoms with van der Waals surface area (Å²) in [7, 11) is 0. The number of nitrogens with zero attached hydrogens (tertiary/aromatic N) is 2. The average molecular weight is 259 g/mol. The number of benzene rings is 1. The first kappa shape index (κ1) is 12.5. The highest BCUT2D eigenvalue weighted by Gasteiger charge is 2.18. The lowest BCUT2D eigenvalue weighted by Gasteiger charge is -2.00. The van der Waals surface area contributed by atoms with Crippen LogP contribution in [0.25, 0.3) is 0 Å². The van der Waals surface area contributed by atoms with Crippen molar-refractivity contribution >= 4 is 17.8 Å². The normalized spacial score (nSPS) is 10.5. The second-order valence-corrected chi connectivity index (χ2v) is 3.53. The minimum Gasteiger partial charge on any atom is -0.472 e. The number of carbonyl (C=O) groups excluding carboxylic acids is 1. The van der Waals surface area contributed by atoms with Gasteiger partial charge in [-0.25, -0.2) is 5.43 Å². The lowest BCUT2D eigenvalue weighted by molar-refractivity contribution is -0.385. The summed E-state index contributed by atoms with van der Waals surface area (Å²) in [5, 5.41) is 14.4. The fraction of sp³-hybridized carbons (Fsp3) is 0. The molecule has 0 fully saturated rings. The standard InChI is InChI=1S/C12H9N3O4/c16-12(14-13-7-9-5-6-19-8-9)10-3-1-2-4-11(10)15(17)18/h1-8H,(H,14,16)/b13-7+. The van der Waals surface area contributed by atoms with E-state index in [4.69, 9.17) is 4.42 Å². The molecule has 1 aromatic carbocycles. The predicted octanol–water partition coefficient (Wildman–Crippen LogP) is 1.95. The Kier molecular flexibility index (Phi) is 3.67. The maximum atomic E-state index is 11.7. The van der Waals surface area contributed by atoms with Crippen LogP contribution in [0.4, 0.5) is 5.69 Å². The molecule has 0 unspecified atom stereocenters. The number of hydrogen-bond donors (Lipinski definition) is 1. The molecule has 0 aliphatic carbocycles. The lowest BCUT2D eigenvalue weighted by Crippen LogP contribution is -2.18. The van der Waals surface area contributed by atoms with Crippen LogP contribution in [-0.4, -0.2) is 17.0 Å². The van der Waals surface area contributed by atoms with Gasteiger partial charge in [0.2, 0.25) is 0 Å².